The average Bonchev–Trinajstić information content (AvgIpc) is 2.24. The summed E-state index contributed by atoms with van der Waals surface area (Å²) in [6.07, 6.45) is 1.24. The van der Waals surface area contributed by atoms with E-state index in [1.807, 2.05) is 0 Å². The van der Waals surface area contributed by atoms with Crippen molar-refractivity contribution >= 4 is 0 Å². The summed E-state index contributed by atoms with van der Waals surface area (Å²) in [5.41, 5.74) is 5.81. The lowest BCUT2D eigenvalue weighted by Crippen LogP contribution is -2.63. The molecule has 2 aliphatic carbocycles. The van der Waals surface area contributed by atoms with Crippen molar-refractivity contribution in [3.05, 3.63) is 0 Å². The fourth-order valence-electron chi connectivity index (χ4n) is 3.11. The van der Waals surface area contributed by atoms with Gasteiger partial charge in [-0.1, -0.05) is 19.3 Å². The van der Waals surface area contributed by atoms with Crippen molar-refractivity contribution < 1.29 is 17.9 Å². The molecule has 0 radical (unpaired) electrons. The average molecular weight is 237 g/mol. The molecule has 2 N–H and O–H groups in total. The van der Waals surface area contributed by atoms with Crippen molar-refractivity contribution in [1.29, 1.82) is 0 Å². The van der Waals surface area contributed by atoms with Gasteiger partial charge >= 0.3 is 6.18 Å². The molecule has 0 aromatic heterocycles. The molecule has 2 atom stereocenters. The molecular formula is C11H18F3NO. The highest BCUT2D eigenvalue weighted by atomic mass is 19.4. The second-order valence-electron chi connectivity index (χ2n) is 5.05. The van der Waals surface area contributed by atoms with E-state index in [0.29, 0.717) is 6.42 Å². The molecule has 0 aromatic carbocycles. The van der Waals surface area contributed by atoms with Crippen molar-refractivity contribution in [2.45, 2.75) is 56.8 Å². The van der Waals surface area contributed by atoms with Gasteiger partial charge in [-0.25, -0.2) is 0 Å². The van der Waals surface area contributed by atoms with E-state index in [1.54, 1.807) is 0 Å². The number of rotatable bonds is 2. The van der Waals surface area contributed by atoms with Gasteiger partial charge in [-0.3, -0.25) is 0 Å². The van der Waals surface area contributed by atoms with E-state index in [0.717, 1.165) is 25.7 Å². The van der Waals surface area contributed by atoms with Crippen LogP contribution in [0.4, 0.5) is 13.2 Å². The van der Waals surface area contributed by atoms with Crippen molar-refractivity contribution in [1.82, 2.24) is 0 Å². The van der Waals surface area contributed by atoms with E-state index < -0.39 is 12.8 Å². The highest BCUT2D eigenvalue weighted by Gasteiger charge is 2.54. The molecular weight excluding hydrogens is 219 g/mol. The Morgan fingerprint density at radius 2 is 1.81 bits per heavy atom. The van der Waals surface area contributed by atoms with E-state index in [9.17, 15) is 13.2 Å². The first kappa shape index (κ1) is 12.2. The van der Waals surface area contributed by atoms with Crippen LogP contribution in [-0.2, 0) is 4.74 Å². The third-order valence-corrected chi connectivity index (χ3v) is 4.08. The summed E-state index contributed by atoms with van der Waals surface area (Å²) in [4.78, 5) is 0. The Hall–Kier alpha value is -0.290. The van der Waals surface area contributed by atoms with Crippen LogP contribution in [0, 0.1) is 5.41 Å². The van der Waals surface area contributed by atoms with Gasteiger partial charge in [0.1, 0.15) is 6.61 Å². The molecule has 2 fully saturated rings. The van der Waals surface area contributed by atoms with Crippen LogP contribution in [-0.4, -0.2) is 24.9 Å². The second-order valence-corrected chi connectivity index (χ2v) is 5.05. The summed E-state index contributed by atoms with van der Waals surface area (Å²) in [7, 11) is 0. The topological polar surface area (TPSA) is 35.2 Å². The predicted molar refractivity (Wildman–Crippen MR) is 53.9 cm³/mol. The largest absolute Gasteiger partial charge is 0.411 e. The number of hydrogen-bond acceptors (Lipinski definition) is 2. The maximum absolute atomic E-state index is 12.1. The highest BCUT2D eigenvalue weighted by molar-refractivity contribution is 5.07. The van der Waals surface area contributed by atoms with Crippen LogP contribution in [0.2, 0.25) is 0 Å². The zero-order valence-corrected chi connectivity index (χ0v) is 9.22. The van der Waals surface area contributed by atoms with E-state index in [2.05, 4.69) is 0 Å². The number of hydrogen-bond donors (Lipinski definition) is 1. The second kappa shape index (κ2) is 4.18. The highest BCUT2D eigenvalue weighted by Crippen LogP contribution is 2.52. The summed E-state index contributed by atoms with van der Waals surface area (Å²) in [6, 6.07) is 0.0334. The van der Waals surface area contributed by atoms with Gasteiger partial charge in [-0.05, 0) is 19.3 Å². The fraction of sp³-hybridized carbons (Fsp3) is 1.00. The SMILES string of the molecule is NC1CC(OCC(F)(F)F)C12CCCCC2. The molecule has 0 bridgehead atoms. The fourth-order valence-corrected chi connectivity index (χ4v) is 3.11. The Morgan fingerprint density at radius 1 is 1.19 bits per heavy atom. The lowest BCUT2D eigenvalue weighted by Gasteiger charge is -2.56. The summed E-state index contributed by atoms with van der Waals surface area (Å²) >= 11 is 0. The molecule has 0 heterocycles. The lowest BCUT2D eigenvalue weighted by atomic mass is 9.55. The molecule has 2 unspecified atom stereocenters. The Bertz CT molecular complexity index is 248. The molecule has 0 aromatic rings. The van der Waals surface area contributed by atoms with Gasteiger partial charge in [0.25, 0.3) is 0 Å². The molecule has 0 saturated heterocycles. The minimum absolute atomic E-state index is 0.0334. The van der Waals surface area contributed by atoms with Gasteiger partial charge in [0.15, 0.2) is 0 Å². The van der Waals surface area contributed by atoms with Crippen LogP contribution in [0.5, 0.6) is 0 Å². The number of halogens is 3. The molecule has 5 heteroatoms. The lowest BCUT2D eigenvalue weighted by molar-refractivity contribution is -0.225. The first-order valence-electron chi connectivity index (χ1n) is 5.88. The van der Waals surface area contributed by atoms with Crippen molar-refractivity contribution in [3.8, 4) is 0 Å². The first-order valence-corrected chi connectivity index (χ1v) is 5.88. The van der Waals surface area contributed by atoms with Gasteiger partial charge < -0.3 is 10.5 Å². The van der Waals surface area contributed by atoms with Crippen LogP contribution < -0.4 is 5.73 Å². The standard InChI is InChI=1S/C11H18F3NO/c12-11(13,14)7-16-9-6-8(15)10(9)4-2-1-3-5-10/h8-9H,1-7,15H2. The molecule has 2 saturated carbocycles. The smallest absolute Gasteiger partial charge is 0.368 e. The summed E-state index contributed by atoms with van der Waals surface area (Å²) in [6.45, 7) is -1.13. The molecule has 2 rings (SSSR count). The molecule has 0 amide bonds. The molecule has 2 nitrogen and oxygen atoms in total. The van der Waals surface area contributed by atoms with Gasteiger partial charge in [-0.2, -0.15) is 13.2 Å². The molecule has 16 heavy (non-hydrogen) atoms. The van der Waals surface area contributed by atoms with Crippen LogP contribution in [0.15, 0.2) is 0 Å². The third-order valence-electron chi connectivity index (χ3n) is 4.08. The zero-order chi connectivity index (χ0) is 11.8. The van der Waals surface area contributed by atoms with Gasteiger partial charge in [-0.15, -0.1) is 0 Å². The minimum Gasteiger partial charge on any atom is -0.368 e. The van der Waals surface area contributed by atoms with Gasteiger partial charge in [0, 0.05) is 11.5 Å². The number of alkyl halides is 3. The van der Waals surface area contributed by atoms with Crippen LogP contribution >= 0.6 is 0 Å². The van der Waals surface area contributed by atoms with Crippen molar-refractivity contribution in [2.24, 2.45) is 11.1 Å². The summed E-state index contributed by atoms with van der Waals surface area (Å²) in [5.74, 6) is 0. The van der Waals surface area contributed by atoms with E-state index in [4.69, 9.17) is 10.5 Å². The molecule has 0 aliphatic heterocycles. The number of nitrogens with two attached hydrogens (primary N) is 1. The normalized spacial score (nSPS) is 33.8. The first-order chi connectivity index (χ1) is 7.44. The van der Waals surface area contributed by atoms with Crippen LogP contribution in [0.25, 0.3) is 0 Å². The van der Waals surface area contributed by atoms with Crippen LogP contribution in [0.3, 0.4) is 0 Å². The Balaban J connectivity index is 1.91. The summed E-state index contributed by atoms with van der Waals surface area (Å²) in [5, 5.41) is 0. The number of ether oxygens (including phenoxy) is 1. The minimum atomic E-state index is -4.23. The van der Waals surface area contributed by atoms with Crippen LogP contribution in [0.1, 0.15) is 38.5 Å². The Labute approximate surface area is 93.3 Å². The maximum atomic E-state index is 12.1. The van der Waals surface area contributed by atoms with Gasteiger partial charge in [0.2, 0.25) is 0 Å². The van der Waals surface area contributed by atoms with E-state index >= 15 is 0 Å². The summed E-state index contributed by atoms with van der Waals surface area (Å²) < 4.78 is 41.2. The molecule has 2 aliphatic rings. The third kappa shape index (κ3) is 2.20. The molecule has 94 valence electrons. The zero-order valence-electron chi connectivity index (χ0n) is 9.22. The Kier molecular flexibility index (Phi) is 3.18. The Morgan fingerprint density at radius 3 is 2.31 bits per heavy atom. The van der Waals surface area contributed by atoms with Crippen molar-refractivity contribution in [2.75, 3.05) is 6.61 Å². The predicted octanol–water partition coefficient (Wildman–Crippen LogP) is 2.62. The quantitative estimate of drug-likeness (QED) is 0.801. The monoisotopic (exact) mass is 237 g/mol. The van der Waals surface area contributed by atoms with E-state index in [1.165, 1.54) is 6.42 Å². The maximum Gasteiger partial charge on any atom is 0.411 e. The van der Waals surface area contributed by atoms with E-state index in [-0.39, 0.29) is 17.6 Å². The van der Waals surface area contributed by atoms with Crippen molar-refractivity contribution in [3.63, 3.8) is 0 Å². The molecule has 1 spiro atoms. The van der Waals surface area contributed by atoms with Gasteiger partial charge in [0.05, 0.1) is 6.10 Å².